The van der Waals surface area contributed by atoms with E-state index in [1.165, 1.54) is 25.5 Å². The number of halogens is 2. The predicted molar refractivity (Wildman–Crippen MR) is 139 cm³/mol. The van der Waals surface area contributed by atoms with Crippen molar-refractivity contribution in [2.75, 3.05) is 7.11 Å². The first kappa shape index (κ1) is 24.5. The van der Waals surface area contributed by atoms with Gasteiger partial charge >= 0.3 is 5.91 Å². The fourth-order valence-electron chi connectivity index (χ4n) is 3.22. The van der Waals surface area contributed by atoms with Crippen LogP contribution in [0.3, 0.4) is 0 Å². The molecule has 35 heavy (non-hydrogen) atoms. The summed E-state index contributed by atoms with van der Waals surface area (Å²) >= 11 is 8.06. The third-order valence-electron chi connectivity index (χ3n) is 4.84. The minimum Gasteiger partial charge on any atom is -0.493 e. The summed E-state index contributed by atoms with van der Waals surface area (Å²) in [7, 11) is 1.50. The highest BCUT2D eigenvalue weighted by molar-refractivity contribution is 14.1. The van der Waals surface area contributed by atoms with Gasteiger partial charge in [0, 0.05) is 22.5 Å². The van der Waals surface area contributed by atoms with Crippen LogP contribution in [0.2, 0.25) is 5.02 Å². The number of methoxy groups -OCH3 is 1. The Labute approximate surface area is 218 Å². The second-order valence-electron chi connectivity index (χ2n) is 7.24. The maximum Gasteiger partial charge on any atom is 0.307 e. The van der Waals surface area contributed by atoms with Gasteiger partial charge in [-0.15, -0.1) is 0 Å². The van der Waals surface area contributed by atoms with Crippen LogP contribution in [0.15, 0.2) is 70.2 Å². The summed E-state index contributed by atoms with van der Waals surface area (Å²) in [6.07, 6.45) is 1.46. The van der Waals surface area contributed by atoms with Crippen molar-refractivity contribution >= 4 is 63.0 Å². The van der Waals surface area contributed by atoms with E-state index in [0.29, 0.717) is 38.6 Å². The largest absolute Gasteiger partial charge is 0.493 e. The first-order valence-electron chi connectivity index (χ1n) is 10.1. The van der Waals surface area contributed by atoms with Crippen LogP contribution >= 0.6 is 34.2 Å². The van der Waals surface area contributed by atoms with Gasteiger partial charge in [0.2, 0.25) is 0 Å². The second-order valence-corrected chi connectivity index (χ2v) is 8.84. The molecule has 0 saturated carbocycles. The summed E-state index contributed by atoms with van der Waals surface area (Å²) in [5.74, 6) is 0.537. The van der Waals surface area contributed by atoms with E-state index >= 15 is 0 Å². The molecule has 1 aromatic heterocycles. The summed E-state index contributed by atoms with van der Waals surface area (Å²) in [5.41, 5.74) is 4.28. The number of ether oxygens (including phenoxy) is 2. The van der Waals surface area contributed by atoms with E-state index in [1.807, 2.05) is 0 Å². The van der Waals surface area contributed by atoms with Crippen LogP contribution in [0.5, 0.6) is 11.5 Å². The molecule has 11 heteroatoms. The van der Waals surface area contributed by atoms with Crippen molar-refractivity contribution < 1.29 is 23.6 Å². The number of nitrogens with zero attached hydrogens (tertiary/aromatic N) is 2. The van der Waals surface area contributed by atoms with E-state index in [-0.39, 0.29) is 18.1 Å². The highest BCUT2D eigenvalue weighted by atomic mass is 127. The van der Waals surface area contributed by atoms with Crippen LogP contribution in [0.4, 0.5) is 5.69 Å². The van der Waals surface area contributed by atoms with Crippen molar-refractivity contribution in [3.8, 4) is 11.5 Å². The quantitative estimate of drug-likeness (QED) is 0.115. The number of fused-ring (bicyclic) bond motifs is 1. The van der Waals surface area contributed by atoms with Gasteiger partial charge in [0.15, 0.2) is 17.3 Å². The van der Waals surface area contributed by atoms with Crippen LogP contribution in [0, 0.1) is 13.7 Å². The van der Waals surface area contributed by atoms with Crippen molar-refractivity contribution in [1.82, 2.24) is 5.43 Å². The number of nitro groups is 1. The average Bonchev–Trinajstić information content (AvgIpc) is 3.26. The number of nitro benzene ring substituents is 1. The molecular weight excluding hydrogens is 589 g/mol. The Kier molecular flexibility index (Phi) is 7.51. The van der Waals surface area contributed by atoms with Gasteiger partial charge in [-0.1, -0.05) is 23.7 Å². The van der Waals surface area contributed by atoms with Crippen LogP contribution in [-0.4, -0.2) is 24.2 Å². The predicted octanol–water partition coefficient (Wildman–Crippen LogP) is 5.95. The van der Waals surface area contributed by atoms with Crippen molar-refractivity contribution in [1.29, 1.82) is 0 Å². The Balaban J connectivity index is 1.44. The lowest BCUT2D eigenvalue weighted by molar-refractivity contribution is -0.384. The van der Waals surface area contributed by atoms with E-state index in [1.54, 1.807) is 48.5 Å². The zero-order valence-corrected chi connectivity index (χ0v) is 21.1. The molecule has 4 aromatic rings. The van der Waals surface area contributed by atoms with Gasteiger partial charge in [-0.05, 0) is 70.1 Å². The summed E-state index contributed by atoms with van der Waals surface area (Å²) in [5, 5.41) is 16.2. The van der Waals surface area contributed by atoms with Gasteiger partial charge in [-0.3, -0.25) is 14.9 Å². The molecule has 0 saturated heterocycles. The lowest BCUT2D eigenvalue weighted by Crippen LogP contribution is -2.16. The molecule has 1 heterocycles. The van der Waals surface area contributed by atoms with Gasteiger partial charge in [0.25, 0.3) is 5.69 Å². The lowest BCUT2D eigenvalue weighted by atomic mass is 10.2. The zero-order valence-electron chi connectivity index (χ0n) is 18.2. The molecular formula is C24H17ClIN3O6. The molecule has 1 amide bonds. The molecule has 0 unspecified atom stereocenters. The van der Waals surface area contributed by atoms with Gasteiger partial charge in [0.1, 0.15) is 12.2 Å². The SMILES string of the molecule is COc1cc(/C=N/NC(=O)c2cc3cc(Cl)ccc3o2)cc(I)c1OCc1cccc([N+](=O)[O-])c1. The number of carbonyl (C=O) groups excluding carboxylic acids is 1. The van der Waals surface area contributed by atoms with E-state index in [2.05, 4.69) is 33.1 Å². The van der Waals surface area contributed by atoms with Crippen molar-refractivity contribution in [3.05, 3.63) is 96.3 Å². The molecule has 3 aromatic carbocycles. The fraction of sp³-hybridized carbons (Fsp3) is 0.0833. The Morgan fingerprint density at radius 3 is 2.83 bits per heavy atom. The van der Waals surface area contributed by atoms with E-state index < -0.39 is 10.8 Å². The number of rotatable bonds is 8. The molecule has 9 nitrogen and oxygen atoms in total. The minimum atomic E-state index is -0.507. The topological polar surface area (TPSA) is 116 Å². The summed E-state index contributed by atoms with van der Waals surface area (Å²) in [4.78, 5) is 22.9. The van der Waals surface area contributed by atoms with E-state index in [0.717, 1.165) is 3.57 Å². The van der Waals surface area contributed by atoms with Gasteiger partial charge in [0.05, 0.1) is 21.8 Å². The number of furan rings is 1. The third kappa shape index (κ3) is 5.89. The Morgan fingerprint density at radius 2 is 2.06 bits per heavy atom. The molecule has 0 atom stereocenters. The van der Waals surface area contributed by atoms with Crippen LogP contribution in [0.1, 0.15) is 21.7 Å². The number of carbonyl (C=O) groups is 1. The standard InChI is InChI=1S/C24H17ClIN3O6/c1-33-21-9-15(8-19(26)23(21)34-13-14-3-2-4-18(7-14)29(31)32)12-27-28-24(30)22-11-16-10-17(25)5-6-20(16)35-22/h2-12H,13H2,1H3,(H,28,30)/b27-12+. The number of hydrazone groups is 1. The lowest BCUT2D eigenvalue weighted by Gasteiger charge is -2.13. The molecule has 4 rings (SSSR count). The van der Waals surface area contributed by atoms with Gasteiger partial charge in [-0.25, -0.2) is 5.43 Å². The summed E-state index contributed by atoms with van der Waals surface area (Å²) in [6.45, 7) is 0.125. The number of hydrogen-bond donors (Lipinski definition) is 1. The van der Waals surface area contributed by atoms with Crippen LogP contribution in [-0.2, 0) is 6.61 Å². The molecule has 0 aliphatic rings. The Bertz CT molecular complexity index is 1450. The van der Waals surface area contributed by atoms with Crippen molar-refractivity contribution in [3.63, 3.8) is 0 Å². The first-order chi connectivity index (χ1) is 16.8. The molecule has 178 valence electrons. The number of nitrogens with one attached hydrogen (secondary N) is 1. The number of hydrogen-bond acceptors (Lipinski definition) is 7. The molecule has 1 N–H and O–H groups in total. The Hall–Kier alpha value is -3.64. The monoisotopic (exact) mass is 605 g/mol. The normalized spacial score (nSPS) is 11.1. The average molecular weight is 606 g/mol. The molecule has 0 aliphatic heterocycles. The van der Waals surface area contributed by atoms with Crippen LogP contribution in [0.25, 0.3) is 11.0 Å². The summed E-state index contributed by atoms with van der Waals surface area (Å²) < 4.78 is 17.6. The van der Waals surface area contributed by atoms with Gasteiger partial charge < -0.3 is 13.9 Å². The van der Waals surface area contributed by atoms with Crippen LogP contribution < -0.4 is 14.9 Å². The molecule has 0 fully saturated rings. The number of benzene rings is 3. The number of non-ortho nitro benzene ring substituents is 1. The number of amides is 1. The van der Waals surface area contributed by atoms with E-state index in [4.69, 9.17) is 25.5 Å². The second kappa shape index (κ2) is 10.7. The zero-order chi connectivity index (χ0) is 24.9. The molecule has 0 bridgehead atoms. The molecule has 0 spiro atoms. The maximum atomic E-state index is 12.4. The first-order valence-corrected chi connectivity index (χ1v) is 11.6. The third-order valence-corrected chi connectivity index (χ3v) is 5.87. The molecule has 0 radical (unpaired) electrons. The fourth-order valence-corrected chi connectivity index (χ4v) is 4.18. The van der Waals surface area contributed by atoms with Crippen molar-refractivity contribution in [2.24, 2.45) is 5.10 Å². The highest BCUT2D eigenvalue weighted by Crippen LogP contribution is 2.34. The molecule has 0 aliphatic carbocycles. The maximum absolute atomic E-state index is 12.4. The van der Waals surface area contributed by atoms with Gasteiger partial charge in [-0.2, -0.15) is 5.10 Å². The summed E-state index contributed by atoms with van der Waals surface area (Å²) in [6, 6.07) is 16.4. The van der Waals surface area contributed by atoms with Crippen molar-refractivity contribution in [2.45, 2.75) is 6.61 Å². The Morgan fingerprint density at radius 1 is 1.23 bits per heavy atom. The van der Waals surface area contributed by atoms with E-state index in [9.17, 15) is 14.9 Å². The highest BCUT2D eigenvalue weighted by Gasteiger charge is 2.14. The smallest absolute Gasteiger partial charge is 0.307 e. The minimum absolute atomic E-state index is 0.00665.